The fourth-order valence-corrected chi connectivity index (χ4v) is 4.09. The number of hydrogen-bond donors (Lipinski definition) is 3. The van der Waals surface area contributed by atoms with E-state index in [9.17, 15) is 15.0 Å². The molecule has 0 saturated carbocycles. The molecule has 1 aliphatic rings. The van der Waals surface area contributed by atoms with Crippen LogP contribution in [-0.4, -0.2) is 44.4 Å². The number of nitrogens with zero attached hydrogens (tertiary/aromatic N) is 2. The number of aryl methyl sites for hydroxylation is 2. The quantitative estimate of drug-likeness (QED) is 0.636. The first-order chi connectivity index (χ1) is 13.5. The van der Waals surface area contributed by atoms with Gasteiger partial charge in [-0.2, -0.15) is 5.10 Å². The molecule has 2 heterocycles. The summed E-state index contributed by atoms with van der Waals surface area (Å²) in [5.41, 5.74) is 5.29. The molecule has 0 bridgehead atoms. The number of aromatic amines is 1. The molecule has 0 fully saturated rings. The van der Waals surface area contributed by atoms with Gasteiger partial charge in [-0.05, 0) is 43.0 Å². The van der Waals surface area contributed by atoms with Crippen molar-refractivity contribution in [1.82, 2.24) is 15.1 Å². The van der Waals surface area contributed by atoms with Crippen LogP contribution in [0.15, 0.2) is 42.5 Å². The third-order valence-corrected chi connectivity index (χ3v) is 5.23. The summed E-state index contributed by atoms with van der Waals surface area (Å²) in [4.78, 5) is 14.8. The Morgan fingerprint density at radius 3 is 2.61 bits per heavy atom. The summed E-state index contributed by atoms with van der Waals surface area (Å²) in [6, 6.07) is 13.2. The van der Waals surface area contributed by atoms with Gasteiger partial charge in [-0.3, -0.25) is 9.89 Å². The molecular weight excluding hydrogens is 354 g/mol. The van der Waals surface area contributed by atoms with Crippen LogP contribution in [0.4, 0.5) is 0 Å². The summed E-state index contributed by atoms with van der Waals surface area (Å²) in [6.07, 6.45) is 0.497. The number of nitrogens with one attached hydrogen (secondary N) is 1. The van der Waals surface area contributed by atoms with E-state index < -0.39 is 0 Å². The number of carbonyl (C=O) groups is 1. The molecule has 6 heteroatoms. The van der Waals surface area contributed by atoms with E-state index in [-0.39, 0.29) is 24.3 Å². The zero-order chi connectivity index (χ0) is 19.8. The number of aromatic nitrogens is 2. The number of rotatable bonds is 5. The summed E-state index contributed by atoms with van der Waals surface area (Å²) < 4.78 is 0. The number of benzene rings is 2. The highest BCUT2D eigenvalue weighted by Gasteiger charge is 2.42. The van der Waals surface area contributed by atoms with E-state index in [2.05, 4.69) is 10.2 Å². The van der Waals surface area contributed by atoms with Crippen LogP contribution >= 0.6 is 0 Å². The van der Waals surface area contributed by atoms with E-state index in [1.54, 1.807) is 11.0 Å². The van der Waals surface area contributed by atoms with E-state index >= 15 is 0 Å². The summed E-state index contributed by atoms with van der Waals surface area (Å²) in [7, 11) is 0. The Morgan fingerprint density at radius 1 is 1.18 bits per heavy atom. The Bertz CT molecular complexity index is 1000. The van der Waals surface area contributed by atoms with Gasteiger partial charge in [-0.15, -0.1) is 0 Å². The summed E-state index contributed by atoms with van der Waals surface area (Å²) >= 11 is 0. The fourth-order valence-electron chi connectivity index (χ4n) is 4.09. The van der Waals surface area contributed by atoms with Crippen LogP contribution in [0, 0.1) is 13.8 Å². The number of fused-ring (bicyclic) bond motifs is 1. The van der Waals surface area contributed by atoms with Crippen molar-refractivity contribution in [3.05, 3.63) is 70.4 Å². The molecule has 3 aromatic rings. The molecule has 2 aromatic carbocycles. The average Bonchev–Trinajstić information content (AvgIpc) is 3.19. The molecule has 4 rings (SSSR count). The van der Waals surface area contributed by atoms with Gasteiger partial charge in [0.05, 0.1) is 6.04 Å². The number of aliphatic hydroxyl groups excluding tert-OH is 1. The first kappa shape index (κ1) is 18.3. The minimum atomic E-state index is -0.316. The van der Waals surface area contributed by atoms with Gasteiger partial charge in [-0.1, -0.05) is 36.4 Å². The summed E-state index contributed by atoms with van der Waals surface area (Å²) in [5, 5.41) is 27.2. The topological polar surface area (TPSA) is 89.5 Å². The SMILES string of the molecule is Cc1cc(C)c(-c2n[nH]c3c2C(c2ccccc2)N(CCCO)C3=O)c(O)c1. The number of aliphatic hydroxyl groups is 1. The third-order valence-electron chi connectivity index (χ3n) is 5.23. The number of phenolic OH excluding ortho intramolecular Hbond substituents is 1. The monoisotopic (exact) mass is 377 g/mol. The molecule has 1 aromatic heterocycles. The third kappa shape index (κ3) is 2.86. The molecule has 1 amide bonds. The molecule has 1 atom stereocenters. The minimum Gasteiger partial charge on any atom is -0.507 e. The summed E-state index contributed by atoms with van der Waals surface area (Å²) in [5.74, 6) is 0.0141. The second-order valence-corrected chi connectivity index (χ2v) is 7.23. The molecule has 0 radical (unpaired) electrons. The fraction of sp³-hybridized carbons (Fsp3) is 0.273. The van der Waals surface area contributed by atoms with Gasteiger partial charge >= 0.3 is 0 Å². The molecule has 3 N–H and O–H groups in total. The van der Waals surface area contributed by atoms with Gasteiger partial charge in [0.2, 0.25) is 0 Å². The number of H-pyrrole nitrogens is 1. The van der Waals surface area contributed by atoms with Gasteiger partial charge in [0.1, 0.15) is 17.1 Å². The lowest BCUT2D eigenvalue weighted by molar-refractivity contribution is 0.0732. The van der Waals surface area contributed by atoms with Crippen LogP contribution in [0.1, 0.15) is 45.2 Å². The first-order valence-corrected chi connectivity index (χ1v) is 9.38. The van der Waals surface area contributed by atoms with Crippen LogP contribution in [0.25, 0.3) is 11.3 Å². The average molecular weight is 377 g/mol. The minimum absolute atomic E-state index is 0.0161. The molecule has 1 aliphatic heterocycles. The molecule has 1 unspecified atom stereocenters. The molecule has 0 aliphatic carbocycles. The maximum absolute atomic E-state index is 13.1. The van der Waals surface area contributed by atoms with E-state index in [0.29, 0.717) is 29.9 Å². The van der Waals surface area contributed by atoms with Crippen molar-refractivity contribution < 1.29 is 15.0 Å². The second kappa shape index (κ2) is 7.13. The van der Waals surface area contributed by atoms with Crippen molar-refractivity contribution in [1.29, 1.82) is 0 Å². The van der Waals surface area contributed by atoms with Gasteiger partial charge in [-0.25, -0.2) is 0 Å². The molecule has 6 nitrogen and oxygen atoms in total. The highest BCUT2D eigenvalue weighted by Crippen LogP contribution is 2.45. The van der Waals surface area contributed by atoms with Crippen molar-refractivity contribution in [2.45, 2.75) is 26.3 Å². The number of carbonyl (C=O) groups excluding carboxylic acids is 1. The van der Waals surface area contributed by atoms with E-state index in [1.165, 1.54) is 0 Å². The van der Waals surface area contributed by atoms with E-state index in [1.807, 2.05) is 50.2 Å². The Balaban J connectivity index is 1.91. The van der Waals surface area contributed by atoms with E-state index in [0.717, 1.165) is 22.3 Å². The maximum Gasteiger partial charge on any atom is 0.273 e. The van der Waals surface area contributed by atoms with Crippen molar-refractivity contribution in [3.8, 4) is 17.0 Å². The molecule has 144 valence electrons. The number of aromatic hydroxyl groups is 1. The van der Waals surface area contributed by atoms with Crippen molar-refractivity contribution >= 4 is 5.91 Å². The van der Waals surface area contributed by atoms with Gasteiger partial charge in [0, 0.05) is 24.3 Å². The van der Waals surface area contributed by atoms with Crippen LogP contribution < -0.4 is 0 Å². The van der Waals surface area contributed by atoms with E-state index in [4.69, 9.17) is 0 Å². The Labute approximate surface area is 163 Å². The lowest BCUT2D eigenvalue weighted by atomic mass is 9.93. The predicted octanol–water partition coefficient (Wildman–Crippen LogP) is 3.33. The highest BCUT2D eigenvalue weighted by molar-refractivity contribution is 6.00. The largest absolute Gasteiger partial charge is 0.507 e. The first-order valence-electron chi connectivity index (χ1n) is 9.38. The van der Waals surface area contributed by atoms with Crippen LogP contribution in [0.3, 0.4) is 0 Å². The smallest absolute Gasteiger partial charge is 0.273 e. The van der Waals surface area contributed by atoms with Gasteiger partial charge in [0.25, 0.3) is 5.91 Å². The highest BCUT2D eigenvalue weighted by atomic mass is 16.3. The van der Waals surface area contributed by atoms with Crippen molar-refractivity contribution in [3.63, 3.8) is 0 Å². The maximum atomic E-state index is 13.1. The standard InChI is InChI=1S/C22H23N3O3/c1-13-11-14(2)17(16(27)12-13)19-18-20(24-23-19)22(28)25(9-6-10-26)21(18)15-7-4-3-5-8-15/h3-5,7-8,11-12,21,26-27H,6,9-10H2,1-2H3,(H,23,24). The lowest BCUT2D eigenvalue weighted by Crippen LogP contribution is -2.31. The normalized spacial score (nSPS) is 15.9. The molecule has 0 saturated heterocycles. The van der Waals surface area contributed by atoms with Gasteiger partial charge < -0.3 is 15.1 Å². The zero-order valence-corrected chi connectivity index (χ0v) is 15.9. The Hall–Kier alpha value is -3.12. The number of hydrogen-bond acceptors (Lipinski definition) is 4. The number of phenols is 1. The molecule has 0 spiro atoms. The Morgan fingerprint density at radius 2 is 1.93 bits per heavy atom. The second-order valence-electron chi connectivity index (χ2n) is 7.23. The van der Waals surface area contributed by atoms with Crippen molar-refractivity contribution in [2.75, 3.05) is 13.2 Å². The Kier molecular flexibility index (Phi) is 4.65. The predicted molar refractivity (Wildman–Crippen MR) is 106 cm³/mol. The van der Waals surface area contributed by atoms with Crippen LogP contribution in [-0.2, 0) is 0 Å². The molecule has 28 heavy (non-hydrogen) atoms. The number of amides is 1. The van der Waals surface area contributed by atoms with Crippen LogP contribution in [0.2, 0.25) is 0 Å². The lowest BCUT2D eigenvalue weighted by Gasteiger charge is -2.26. The van der Waals surface area contributed by atoms with Crippen LogP contribution in [0.5, 0.6) is 5.75 Å². The van der Waals surface area contributed by atoms with Crippen molar-refractivity contribution in [2.24, 2.45) is 0 Å². The van der Waals surface area contributed by atoms with Gasteiger partial charge in [0.15, 0.2) is 0 Å². The molecular formula is C22H23N3O3. The zero-order valence-electron chi connectivity index (χ0n) is 15.9. The summed E-state index contributed by atoms with van der Waals surface area (Å²) in [6.45, 7) is 4.32.